The van der Waals surface area contributed by atoms with Crippen molar-refractivity contribution in [3.63, 3.8) is 0 Å². The van der Waals surface area contributed by atoms with E-state index in [1.165, 1.54) is 29.2 Å². The topological polar surface area (TPSA) is 103 Å². The fourth-order valence-electron chi connectivity index (χ4n) is 3.29. The van der Waals surface area contributed by atoms with Gasteiger partial charge in [0.25, 0.3) is 5.56 Å². The summed E-state index contributed by atoms with van der Waals surface area (Å²) < 4.78 is 20.1. The lowest BCUT2D eigenvalue weighted by molar-refractivity contribution is -0.119. The molecule has 0 bridgehead atoms. The van der Waals surface area contributed by atoms with E-state index >= 15 is 0 Å². The zero-order valence-corrected chi connectivity index (χ0v) is 17.4. The fourth-order valence-corrected chi connectivity index (χ4v) is 3.41. The van der Waals surface area contributed by atoms with Crippen LogP contribution in [0.2, 0.25) is 5.02 Å². The van der Waals surface area contributed by atoms with Gasteiger partial charge in [-0.1, -0.05) is 16.8 Å². The van der Waals surface area contributed by atoms with Gasteiger partial charge in [-0.25, -0.2) is 14.4 Å². The number of carbonyl (C=O) groups is 1. The number of hydrogen-bond acceptors (Lipinski definition) is 6. The van der Waals surface area contributed by atoms with Crippen LogP contribution in [0.4, 0.5) is 10.2 Å². The molecule has 0 spiro atoms. The summed E-state index contributed by atoms with van der Waals surface area (Å²) in [7, 11) is 0. The first-order valence-electron chi connectivity index (χ1n) is 9.34. The van der Waals surface area contributed by atoms with Gasteiger partial charge in [0.15, 0.2) is 0 Å². The quantitative estimate of drug-likeness (QED) is 0.507. The first-order chi connectivity index (χ1) is 14.8. The predicted molar refractivity (Wildman–Crippen MR) is 113 cm³/mol. The van der Waals surface area contributed by atoms with Crippen molar-refractivity contribution in [3.8, 4) is 0 Å². The van der Waals surface area contributed by atoms with Gasteiger partial charge in [-0.2, -0.15) is 0 Å². The summed E-state index contributed by atoms with van der Waals surface area (Å²) in [6.45, 7) is 3.47. The predicted octanol–water partition coefficient (Wildman–Crippen LogP) is 3.61. The van der Waals surface area contributed by atoms with Crippen LogP contribution in [0.1, 0.15) is 23.1 Å². The number of rotatable bonds is 5. The third-order valence-corrected chi connectivity index (χ3v) is 5.16. The Kier molecular flexibility index (Phi) is 5.51. The molecule has 0 fully saturated rings. The van der Waals surface area contributed by atoms with Crippen LogP contribution in [-0.4, -0.2) is 25.6 Å². The molecule has 1 unspecified atom stereocenters. The van der Waals surface area contributed by atoms with Gasteiger partial charge in [0, 0.05) is 18.2 Å². The third kappa shape index (κ3) is 4.17. The number of fused-ring (bicyclic) bond motifs is 1. The molecule has 0 aliphatic heterocycles. The second-order valence-electron chi connectivity index (χ2n) is 6.99. The fraction of sp³-hybridized carbons (Fsp3) is 0.190. The molecule has 158 valence electrons. The Labute approximate surface area is 180 Å². The van der Waals surface area contributed by atoms with E-state index in [0.29, 0.717) is 27.6 Å². The summed E-state index contributed by atoms with van der Waals surface area (Å²) in [6.07, 6.45) is 2.79. The molecule has 8 nitrogen and oxygen atoms in total. The van der Waals surface area contributed by atoms with Crippen molar-refractivity contribution in [3.05, 3.63) is 81.1 Å². The van der Waals surface area contributed by atoms with E-state index in [4.69, 9.17) is 16.1 Å². The molecule has 0 saturated carbocycles. The number of pyridine rings is 1. The largest absolute Gasteiger partial charge is 0.361 e. The minimum Gasteiger partial charge on any atom is -0.361 e. The number of amides is 1. The van der Waals surface area contributed by atoms with Crippen LogP contribution in [-0.2, 0) is 11.2 Å². The molecule has 3 heterocycles. The number of aromatic nitrogens is 4. The molecule has 0 aliphatic rings. The Hall–Kier alpha value is -3.59. The van der Waals surface area contributed by atoms with E-state index in [1.807, 2.05) is 0 Å². The summed E-state index contributed by atoms with van der Waals surface area (Å²) in [5, 5.41) is 7.09. The van der Waals surface area contributed by atoms with Crippen LogP contribution < -0.4 is 10.9 Å². The third-order valence-electron chi connectivity index (χ3n) is 4.94. The highest BCUT2D eigenvalue weighted by Gasteiger charge is 2.26. The lowest BCUT2D eigenvalue weighted by Gasteiger charge is -2.19. The van der Waals surface area contributed by atoms with Gasteiger partial charge in [0.05, 0.1) is 27.9 Å². The lowest BCUT2D eigenvalue weighted by atomic mass is 10.0. The normalized spacial score (nSPS) is 12.1. The highest BCUT2D eigenvalue weighted by molar-refractivity contribution is 6.30. The maximum absolute atomic E-state index is 13.7. The van der Waals surface area contributed by atoms with Crippen LogP contribution >= 0.6 is 11.6 Å². The minimum atomic E-state index is -1.01. The average molecular weight is 442 g/mol. The van der Waals surface area contributed by atoms with Crippen LogP contribution in [0.15, 0.2) is 52.2 Å². The van der Waals surface area contributed by atoms with E-state index in [9.17, 15) is 14.0 Å². The molecule has 1 atom stereocenters. The molecule has 31 heavy (non-hydrogen) atoms. The summed E-state index contributed by atoms with van der Waals surface area (Å²) >= 11 is 5.85. The van der Waals surface area contributed by atoms with E-state index in [1.54, 1.807) is 26.0 Å². The van der Waals surface area contributed by atoms with Crippen molar-refractivity contribution >= 4 is 34.2 Å². The van der Waals surface area contributed by atoms with Crippen LogP contribution in [0.3, 0.4) is 0 Å². The maximum atomic E-state index is 13.7. The molecule has 1 amide bonds. The highest BCUT2D eigenvalue weighted by Crippen LogP contribution is 2.22. The standard InChI is InChI=1S/C21H17ClFN5O3/c1-11-15(12(2)31-27-11)8-18(20(29)26-19-6-3-13(22)9-24-19)28-10-25-17-5-4-14(23)7-16(17)21(28)30/h3-7,9-10,18H,8H2,1-2H3,(H,24,26,29). The van der Waals surface area contributed by atoms with Crippen LogP contribution in [0.25, 0.3) is 10.9 Å². The minimum absolute atomic E-state index is 0.0729. The van der Waals surface area contributed by atoms with Crippen LogP contribution in [0, 0.1) is 19.7 Å². The number of hydrogen-bond donors (Lipinski definition) is 1. The first kappa shape index (κ1) is 20.7. The van der Waals surface area contributed by atoms with Crippen molar-refractivity contribution in [2.75, 3.05) is 5.32 Å². The molecule has 0 radical (unpaired) electrons. The molecule has 1 aromatic carbocycles. The number of nitrogens with one attached hydrogen (secondary N) is 1. The van der Waals surface area contributed by atoms with Gasteiger partial charge < -0.3 is 9.84 Å². The molecule has 3 aromatic heterocycles. The average Bonchev–Trinajstić information content (AvgIpc) is 3.06. The second kappa shape index (κ2) is 8.27. The monoisotopic (exact) mass is 441 g/mol. The van der Waals surface area contributed by atoms with Crippen molar-refractivity contribution in [1.82, 2.24) is 19.7 Å². The van der Waals surface area contributed by atoms with E-state index in [-0.39, 0.29) is 17.6 Å². The number of benzene rings is 1. The maximum Gasteiger partial charge on any atom is 0.262 e. The number of anilines is 1. The highest BCUT2D eigenvalue weighted by atomic mass is 35.5. The van der Waals surface area contributed by atoms with Crippen LogP contribution in [0.5, 0.6) is 0 Å². The van der Waals surface area contributed by atoms with Crippen molar-refractivity contribution in [2.45, 2.75) is 26.3 Å². The van der Waals surface area contributed by atoms with Gasteiger partial charge in [0.2, 0.25) is 5.91 Å². The van der Waals surface area contributed by atoms with Gasteiger partial charge in [0.1, 0.15) is 23.4 Å². The lowest BCUT2D eigenvalue weighted by Crippen LogP contribution is -2.35. The molecule has 10 heteroatoms. The van der Waals surface area contributed by atoms with Crippen molar-refractivity contribution in [2.24, 2.45) is 0 Å². The molecular formula is C21H17ClFN5O3. The SMILES string of the molecule is Cc1noc(C)c1CC(C(=O)Nc1ccc(Cl)cn1)n1cnc2ccc(F)cc2c1=O. The Morgan fingerprint density at radius 3 is 2.74 bits per heavy atom. The molecule has 0 aliphatic carbocycles. The molecule has 4 rings (SSSR count). The number of nitrogens with zero attached hydrogens (tertiary/aromatic N) is 4. The van der Waals surface area contributed by atoms with Gasteiger partial charge in [-0.05, 0) is 44.2 Å². The smallest absolute Gasteiger partial charge is 0.262 e. The van der Waals surface area contributed by atoms with Gasteiger partial charge >= 0.3 is 0 Å². The Balaban J connectivity index is 1.79. The zero-order valence-electron chi connectivity index (χ0n) is 16.6. The Bertz CT molecular complexity index is 1310. The molecule has 1 N–H and O–H groups in total. The summed E-state index contributed by atoms with van der Waals surface area (Å²) in [6, 6.07) is 5.86. The van der Waals surface area contributed by atoms with E-state index in [2.05, 4.69) is 20.4 Å². The number of halogens is 2. The van der Waals surface area contributed by atoms with E-state index in [0.717, 1.165) is 6.07 Å². The summed E-state index contributed by atoms with van der Waals surface area (Å²) in [4.78, 5) is 34.6. The Morgan fingerprint density at radius 2 is 2.06 bits per heavy atom. The number of aryl methyl sites for hydroxylation is 2. The second-order valence-corrected chi connectivity index (χ2v) is 7.43. The zero-order chi connectivity index (χ0) is 22.1. The molecular weight excluding hydrogens is 425 g/mol. The molecule has 0 saturated heterocycles. The van der Waals surface area contributed by atoms with E-state index < -0.39 is 23.3 Å². The van der Waals surface area contributed by atoms with Gasteiger partial charge in [-0.3, -0.25) is 14.2 Å². The summed E-state index contributed by atoms with van der Waals surface area (Å²) in [5.41, 5.74) is 1.09. The van der Waals surface area contributed by atoms with Gasteiger partial charge in [-0.15, -0.1) is 0 Å². The summed E-state index contributed by atoms with van der Waals surface area (Å²) in [5.74, 6) is -0.269. The first-order valence-corrected chi connectivity index (χ1v) is 9.72. The Morgan fingerprint density at radius 1 is 1.26 bits per heavy atom. The molecule has 4 aromatic rings. The van der Waals surface area contributed by atoms with Crippen molar-refractivity contribution in [1.29, 1.82) is 0 Å². The number of carbonyl (C=O) groups excluding carboxylic acids is 1. The van der Waals surface area contributed by atoms with Crippen molar-refractivity contribution < 1.29 is 13.7 Å².